The molecule has 126 valence electrons. The minimum absolute atomic E-state index is 0.0479. The second-order valence-electron chi connectivity index (χ2n) is 5.69. The lowest BCUT2D eigenvalue weighted by atomic mass is 9.99. The van der Waals surface area contributed by atoms with E-state index in [-0.39, 0.29) is 24.7 Å². The van der Waals surface area contributed by atoms with Gasteiger partial charge in [0.2, 0.25) is 0 Å². The first-order valence-corrected chi connectivity index (χ1v) is 8.40. The van der Waals surface area contributed by atoms with Gasteiger partial charge >= 0.3 is 5.97 Å². The Bertz CT molecular complexity index is 585. The van der Waals surface area contributed by atoms with E-state index in [2.05, 4.69) is 43.1 Å². The minimum Gasteiger partial charge on any atom is -0.457 e. The molecule has 0 aliphatic heterocycles. The highest BCUT2D eigenvalue weighted by Gasteiger charge is 2.16. The summed E-state index contributed by atoms with van der Waals surface area (Å²) in [6, 6.07) is 20.1. The van der Waals surface area contributed by atoms with Crippen molar-refractivity contribution in [3.8, 4) is 0 Å². The van der Waals surface area contributed by atoms with E-state index in [9.17, 15) is 4.79 Å². The predicted molar refractivity (Wildman–Crippen MR) is 97.7 cm³/mol. The van der Waals surface area contributed by atoms with E-state index in [1.165, 1.54) is 0 Å². The lowest BCUT2D eigenvalue weighted by Gasteiger charge is -2.20. The summed E-state index contributed by atoms with van der Waals surface area (Å²) in [6.45, 7) is 5.94. The van der Waals surface area contributed by atoms with Gasteiger partial charge in [0.25, 0.3) is 0 Å². The second-order valence-corrected chi connectivity index (χ2v) is 5.69. The summed E-state index contributed by atoms with van der Waals surface area (Å²) in [6.07, 6.45) is 3.23. The van der Waals surface area contributed by atoms with Crippen molar-refractivity contribution in [3.63, 3.8) is 0 Å². The molecule has 0 heterocycles. The molecular weight excluding hydrogens is 298 g/mol. The molecule has 1 N–H and O–H groups in total. The van der Waals surface area contributed by atoms with Gasteiger partial charge < -0.3 is 4.74 Å². The number of rotatable bonds is 9. The number of carbonyl (C=O) groups excluding carboxylic acids is 1. The minimum atomic E-state index is -0.259. The first-order chi connectivity index (χ1) is 11.7. The molecule has 0 amide bonds. The van der Waals surface area contributed by atoms with Crippen molar-refractivity contribution in [2.75, 3.05) is 6.54 Å². The smallest absolute Gasteiger partial charge is 0.320 e. The van der Waals surface area contributed by atoms with Crippen molar-refractivity contribution >= 4 is 5.97 Å². The highest BCUT2D eigenvalue weighted by atomic mass is 16.5. The summed E-state index contributed by atoms with van der Waals surface area (Å²) >= 11 is 0. The SMILES string of the molecule is C=CC(CCC)OC(=O)CNC(c1ccccc1)c1ccccc1. The van der Waals surface area contributed by atoms with Gasteiger partial charge in [-0.2, -0.15) is 0 Å². The molecule has 0 spiro atoms. The zero-order valence-corrected chi connectivity index (χ0v) is 14.2. The average molecular weight is 323 g/mol. The fourth-order valence-corrected chi connectivity index (χ4v) is 2.62. The van der Waals surface area contributed by atoms with Crippen LogP contribution >= 0.6 is 0 Å². The van der Waals surface area contributed by atoms with Crippen molar-refractivity contribution in [2.24, 2.45) is 0 Å². The Kier molecular flexibility index (Phi) is 7.24. The molecule has 0 saturated carbocycles. The molecule has 3 nitrogen and oxygen atoms in total. The molecule has 0 aromatic heterocycles. The van der Waals surface area contributed by atoms with Gasteiger partial charge in [0, 0.05) is 0 Å². The number of nitrogens with one attached hydrogen (secondary N) is 1. The number of benzene rings is 2. The maximum absolute atomic E-state index is 12.1. The number of ether oxygens (including phenoxy) is 1. The van der Waals surface area contributed by atoms with Crippen LogP contribution in [0.3, 0.4) is 0 Å². The van der Waals surface area contributed by atoms with Crippen LogP contribution in [-0.2, 0) is 9.53 Å². The summed E-state index contributed by atoms with van der Waals surface area (Å²) < 4.78 is 5.44. The third-order valence-electron chi connectivity index (χ3n) is 3.84. The number of carbonyl (C=O) groups is 1. The quantitative estimate of drug-likeness (QED) is 0.553. The maximum Gasteiger partial charge on any atom is 0.320 e. The third kappa shape index (κ3) is 5.36. The van der Waals surface area contributed by atoms with Crippen molar-refractivity contribution in [1.82, 2.24) is 5.32 Å². The number of hydrogen-bond donors (Lipinski definition) is 1. The van der Waals surface area contributed by atoms with Crippen molar-refractivity contribution in [2.45, 2.75) is 31.9 Å². The molecule has 3 heteroatoms. The molecule has 2 aromatic carbocycles. The summed E-state index contributed by atoms with van der Waals surface area (Å²) in [5.41, 5.74) is 2.23. The first kappa shape index (κ1) is 18.0. The fourth-order valence-electron chi connectivity index (χ4n) is 2.62. The molecule has 0 radical (unpaired) electrons. The van der Waals surface area contributed by atoms with Crippen LogP contribution in [0, 0.1) is 0 Å². The van der Waals surface area contributed by atoms with Crippen LogP contribution in [0.1, 0.15) is 36.9 Å². The topological polar surface area (TPSA) is 38.3 Å². The maximum atomic E-state index is 12.1. The van der Waals surface area contributed by atoms with Crippen molar-refractivity contribution < 1.29 is 9.53 Å². The van der Waals surface area contributed by atoms with E-state index in [0.29, 0.717) is 0 Å². The van der Waals surface area contributed by atoms with Crippen LogP contribution in [0.25, 0.3) is 0 Å². The molecule has 0 fully saturated rings. The lowest BCUT2D eigenvalue weighted by molar-refractivity contribution is -0.146. The molecule has 1 unspecified atom stereocenters. The van der Waals surface area contributed by atoms with Gasteiger partial charge in [0.15, 0.2) is 0 Å². The molecule has 2 aromatic rings. The van der Waals surface area contributed by atoms with Crippen LogP contribution in [0.15, 0.2) is 73.3 Å². The van der Waals surface area contributed by atoms with Gasteiger partial charge in [0.1, 0.15) is 6.10 Å². The van der Waals surface area contributed by atoms with Crippen molar-refractivity contribution in [1.29, 1.82) is 0 Å². The fraction of sp³-hybridized carbons (Fsp3) is 0.286. The van der Waals surface area contributed by atoms with E-state index in [1.54, 1.807) is 6.08 Å². The second kappa shape index (κ2) is 9.68. The first-order valence-electron chi connectivity index (χ1n) is 8.40. The van der Waals surface area contributed by atoms with E-state index in [1.807, 2.05) is 36.4 Å². The van der Waals surface area contributed by atoms with Crippen LogP contribution in [-0.4, -0.2) is 18.6 Å². The Morgan fingerprint density at radius 2 is 1.62 bits per heavy atom. The van der Waals surface area contributed by atoms with E-state index < -0.39 is 0 Å². The van der Waals surface area contributed by atoms with Crippen LogP contribution < -0.4 is 5.32 Å². The molecule has 0 aliphatic carbocycles. The summed E-state index contributed by atoms with van der Waals surface area (Å²) in [5.74, 6) is -0.259. The lowest BCUT2D eigenvalue weighted by Crippen LogP contribution is -2.31. The molecule has 1 atom stereocenters. The molecule has 0 aliphatic rings. The normalized spacial score (nSPS) is 11.9. The number of hydrogen-bond acceptors (Lipinski definition) is 3. The molecule has 2 rings (SSSR count). The molecule has 0 saturated heterocycles. The number of esters is 1. The Morgan fingerprint density at radius 1 is 1.08 bits per heavy atom. The highest BCUT2D eigenvalue weighted by molar-refractivity contribution is 5.72. The average Bonchev–Trinajstić information content (AvgIpc) is 2.63. The monoisotopic (exact) mass is 323 g/mol. The van der Waals surface area contributed by atoms with Crippen molar-refractivity contribution in [3.05, 3.63) is 84.4 Å². The van der Waals surface area contributed by atoms with Gasteiger partial charge in [0.05, 0.1) is 12.6 Å². The van der Waals surface area contributed by atoms with Gasteiger partial charge in [-0.1, -0.05) is 86.7 Å². The standard InChI is InChI=1S/C21H25NO2/c1-3-11-19(4-2)24-20(23)16-22-21(17-12-7-5-8-13-17)18-14-9-6-10-15-18/h4-10,12-15,19,21-22H,2-3,11,16H2,1H3. The van der Waals surface area contributed by atoms with E-state index >= 15 is 0 Å². The molecule has 0 bridgehead atoms. The Balaban J connectivity index is 2.04. The molecule has 24 heavy (non-hydrogen) atoms. The molecular formula is C21H25NO2. The van der Waals surface area contributed by atoms with E-state index in [0.717, 1.165) is 24.0 Å². The Morgan fingerprint density at radius 3 is 2.08 bits per heavy atom. The summed E-state index contributed by atoms with van der Waals surface area (Å²) in [5, 5.41) is 3.31. The van der Waals surface area contributed by atoms with Gasteiger partial charge in [-0.15, -0.1) is 0 Å². The van der Waals surface area contributed by atoms with Crippen LogP contribution in [0.2, 0.25) is 0 Å². The van der Waals surface area contributed by atoms with Crippen LogP contribution in [0.5, 0.6) is 0 Å². The zero-order valence-electron chi connectivity index (χ0n) is 14.2. The predicted octanol–water partition coefficient (Wildman–Crippen LogP) is 4.26. The third-order valence-corrected chi connectivity index (χ3v) is 3.84. The Labute approximate surface area is 144 Å². The van der Waals surface area contributed by atoms with Gasteiger partial charge in [-0.05, 0) is 17.5 Å². The van der Waals surface area contributed by atoms with Crippen LogP contribution in [0.4, 0.5) is 0 Å². The highest BCUT2D eigenvalue weighted by Crippen LogP contribution is 2.21. The van der Waals surface area contributed by atoms with Gasteiger partial charge in [-0.3, -0.25) is 10.1 Å². The van der Waals surface area contributed by atoms with E-state index in [4.69, 9.17) is 4.74 Å². The Hall–Kier alpha value is -2.39. The summed E-state index contributed by atoms with van der Waals surface area (Å²) in [4.78, 5) is 12.1. The largest absolute Gasteiger partial charge is 0.457 e. The zero-order chi connectivity index (χ0) is 17.2. The summed E-state index contributed by atoms with van der Waals surface area (Å²) in [7, 11) is 0. The van der Waals surface area contributed by atoms with Gasteiger partial charge in [-0.25, -0.2) is 0 Å².